The van der Waals surface area contributed by atoms with Crippen LogP contribution in [-0.4, -0.2) is 39.9 Å². The number of ether oxygens (including phenoxy) is 2. The second-order valence-corrected chi connectivity index (χ2v) is 9.29. The van der Waals surface area contributed by atoms with E-state index in [0.717, 1.165) is 31.2 Å². The van der Waals surface area contributed by atoms with Gasteiger partial charge in [-0.1, -0.05) is 57.0 Å². The molecule has 1 saturated heterocycles. The highest BCUT2D eigenvalue weighted by molar-refractivity contribution is 6.46. The van der Waals surface area contributed by atoms with E-state index in [1.54, 1.807) is 36.7 Å². The van der Waals surface area contributed by atoms with Gasteiger partial charge in [0.25, 0.3) is 11.7 Å². The van der Waals surface area contributed by atoms with E-state index in [1.807, 2.05) is 36.4 Å². The predicted octanol–water partition coefficient (Wildman–Crippen LogP) is 6.06. The second-order valence-electron chi connectivity index (χ2n) is 9.29. The summed E-state index contributed by atoms with van der Waals surface area (Å²) in [5, 5.41) is 11.4. The van der Waals surface area contributed by atoms with E-state index in [9.17, 15) is 14.7 Å². The third kappa shape index (κ3) is 6.22. The van der Waals surface area contributed by atoms with Gasteiger partial charge in [0.1, 0.15) is 17.3 Å². The van der Waals surface area contributed by atoms with Gasteiger partial charge >= 0.3 is 0 Å². The van der Waals surface area contributed by atoms with Gasteiger partial charge in [0.05, 0.1) is 24.8 Å². The molecule has 0 aliphatic carbocycles. The van der Waals surface area contributed by atoms with Crippen LogP contribution in [-0.2, 0) is 16.1 Å². The molecule has 7 heteroatoms. The maximum absolute atomic E-state index is 13.4. The van der Waals surface area contributed by atoms with Crippen LogP contribution >= 0.6 is 0 Å². The SMILES string of the molecule is CCCCOc1ccc(C2C(=C(O)c3cccc(OCCCC)c3)C(=O)C(=O)N2Cc2cccnc2)cc1. The topological polar surface area (TPSA) is 89.0 Å². The highest BCUT2D eigenvalue weighted by Crippen LogP contribution is 2.41. The fraction of sp³-hybridized carbons (Fsp3) is 0.323. The number of pyridine rings is 1. The number of aliphatic hydroxyl groups excluding tert-OH is 1. The van der Waals surface area contributed by atoms with E-state index in [-0.39, 0.29) is 17.9 Å². The van der Waals surface area contributed by atoms with Crippen molar-refractivity contribution in [2.24, 2.45) is 0 Å². The lowest BCUT2D eigenvalue weighted by molar-refractivity contribution is -0.140. The second kappa shape index (κ2) is 12.9. The van der Waals surface area contributed by atoms with Gasteiger partial charge in [0, 0.05) is 24.5 Å². The molecule has 0 saturated carbocycles. The Labute approximate surface area is 223 Å². The number of hydrogen-bond acceptors (Lipinski definition) is 6. The highest BCUT2D eigenvalue weighted by atomic mass is 16.5. The average Bonchev–Trinajstić information content (AvgIpc) is 3.19. The largest absolute Gasteiger partial charge is 0.507 e. The molecule has 2 aromatic carbocycles. The summed E-state index contributed by atoms with van der Waals surface area (Å²) in [5.74, 6) is -0.317. The zero-order chi connectivity index (χ0) is 26.9. The van der Waals surface area contributed by atoms with Gasteiger partial charge in [0.15, 0.2) is 0 Å². The summed E-state index contributed by atoms with van der Waals surface area (Å²) in [6, 6.07) is 17.2. The summed E-state index contributed by atoms with van der Waals surface area (Å²) in [7, 11) is 0. The van der Waals surface area contributed by atoms with E-state index < -0.39 is 17.7 Å². The van der Waals surface area contributed by atoms with E-state index in [2.05, 4.69) is 18.8 Å². The van der Waals surface area contributed by atoms with Crippen LogP contribution in [0.25, 0.3) is 5.76 Å². The summed E-state index contributed by atoms with van der Waals surface area (Å²) in [5.41, 5.74) is 1.95. The smallest absolute Gasteiger partial charge is 0.295 e. The fourth-order valence-corrected chi connectivity index (χ4v) is 4.38. The molecule has 1 aliphatic heterocycles. The molecule has 1 unspecified atom stereocenters. The summed E-state index contributed by atoms with van der Waals surface area (Å²) >= 11 is 0. The first-order valence-corrected chi connectivity index (χ1v) is 13.2. The van der Waals surface area contributed by atoms with E-state index in [4.69, 9.17) is 9.47 Å². The quantitative estimate of drug-likeness (QED) is 0.137. The molecule has 1 aliphatic rings. The molecule has 0 bridgehead atoms. The van der Waals surface area contributed by atoms with Gasteiger partial charge in [-0.3, -0.25) is 14.6 Å². The number of rotatable bonds is 12. The first-order valence-electron chi connectivity index (χ1n) is 13.2. The number of hydrogen-bond donors (Lipinski definition) is 1. The lowest BCUT2D eigenvalue weighted by atomic mass is 9.95. The van der Waals surface area contributed by atoms with Crippen molar-refractivity contribution < 1.29 is 24.2 Å². The first-order chi connectivity index (χ1) is 18.5. The van der Waals surface area contributed by atoms with Crippen LogP contribution in [0, 0.1) is 0 Å². The molecule has 1 fully saturated rings. The summed E-state index contributed by atoms with van der Waals surface area (Å²) in [6.45, 7) is 5.54. The Balaban J connectivity index is 1.73. The van der Waals surface area contributed by atoms with Gasteiger partial charge < -0.3 is 19.5 Å². The maximum Gasteiger partial charge on any atom is 0.295 e. The molecule has 1 amide bonds. The van der Waals surface area contributed by atoms with Crippen LogP contribution in [0.3, 0.4) is 0 Å². The molecule has 1 aromatic heterocycles. The van der Waals surface area contributed by atoms with E-state index in [0.29, 0.717) is 35.8 Å². The van der Waals surface area contributed by atoms with Crippen LogP contribution in [0.2, 0.25) is 0 Å². The van der Waals surface area contributed by atoms with Crippen molar-refractivity contribution in [2.75, 3.05) is 13.2 Å². The van der Waals surface area contributed by atoms with Gasteiger partial charge in [-0.15, -0.1) is 0 Å². The van der Waals surface area contributed by atoms with E-state index >= 15 is 0 Å². The standard InChI is InChI=1S/C31H34N2O5/c1-3-5-17-37-25-14-12-23(13-15-25)28-27(29(34)24-10-7-11-26(19-24)38-18-6-4-2)30(35)31(36)33(28)21-22-9-8-16-32-20-22/h7-16,19-20,28,34H,3-6,17-18,21H2,1-2H3. The maximum atomic E-state index is 13.4. The van der Waals surface area contributed by atoms with Crippen molar-refractivity contribution in [1.29, 1.82) is 0 Å². The van der Waals surface area contributed by atoms with Crippen LogP contribution in [0.15, 0.2) is 78.6 Å². The number of aliphatic hydroxyl groups is 1. The molecule has 2 heterocycles. The zero-order valence-corrected chi connectivity index (χ0v) is 21.9. The van der Waals surface area contributed by atoms with Gasteiger partial charge in [-0.05, 0) is 54.3 Å². The number of carbonyl (C=O) groups is 2. The van der Waals surface area contributed by atoms with Crippen LogP contribution in [0.1, 0.15) is 62.3 Å². The predicted molar refractivity (Wildman–Crippen MR) is 146 cm³/mol. The number of carbonyl (C=O) groups excluding carboxylic acids is 2. The molecule has 0 radical (unpaired) electrons. The zero-order valence-electron chi connectivity index (χ0n) is 21.9. The van der Waals surface area contributed by atoms with Crippen molar-refractivity contribution in [3.63, 3.8) is 0 Å². The van der Waals surface area contributed by atoms with Crippen molar-refractivity contribution in [3.05, 3.63) is 95.3 Å². The summed E-state index contributed by atoms with van der Waals surface area (Å²) < 4.78 is 11.6. The number of Topliss-reactive ketones (excluding diaryl/α,β-unsaturated/α-hetero) is 1. The Morgan fingerprint density at radius 3 is 2.29 bits per heavy atom. The molecular weight excluding hydrogens is 480 g/mol. The molecule has 38 heavy (non-hydrogen) atoms. The van der Waals surface area contributed by atoms with E-state index in [1.165, 1.54) is 4.90 Å². The Hall–Kier alpha value is -4.13. The Morgan fingerprint density at radius 1 is 0.921 bits per heavy atom. The minimum Gasteiger partial charge on any atom is -0.507 e. The Kier molecular flexibility index (Phi) is 9.14. The van der Waals surface area contributed by atoms with Crippen LogP contribution < -0.4 is 9.47 Å². The summed E-state index contributed by atoms with van der Waals surface area (Å²) in [4.78, 5) is 32.3. The number of ketones is 1. The molecule has 1 atom stereocenters. The lowest BCUT2D eigenvalue weighted by Gasteiger charge is -2.25. The molecule has 3 aromatic rings. The Bertz CT molecular complexity index is 1270. The summed E-state index contributed by atoms with van der Waals surface area (Å²) in [6.07, 6.45) is 7.22. The molecule has 1 N–H and O–H groups in total. The number of aromatic nitrogens is 1. The normalized spacial score (nSPS) is 16.6. The van der Waals surface area contributed by atoms with Crippen LogP contribution in [0.4, 0.5) is 0 Å². The van der Waals surface area contributed by atoms with Gasteiger partial charge in [-0.2, -0.15) is 0 Å². The molecule has 198 valence electrons. The minimum absolute atomic E-state index is 0.0456. The van der Waals surface area contributed by atoms with Crippen molar-refractivity contribution >= 4 is 17.4 Å². The van der Waals surface area contributed by atoms with Gasteiger partial charge in [-0.25, -0.2) is 0 Å². The van der Waals surface area contributed by atoms with Crippen molar-refractivity contribution in [1.82, 2.24) is 9.88 Å². The number of amides is 1. The number of likely N-dealkylation sites (tertiary alicyclic amines) is 1. The molecule has 0 spiro atoms. The first kappa shape index (κ1) is 26.9. The van der Waals surface area contributed by atoms with Crippen molar-refractivity contribution in [2.45, 2.75) is 52.1 Å². The average molecular weight is 515 g/mol. The minimum atomic E-state index is -0.774. The number of benzene rings is 2. The lowest BCUT2D eigenvalue weighted by Crippen LogP contribution is -2.29. The third-order valence-electron chi connectivity index (χ3n) is 6.45. The fourth-order valence-electron chi connectivity index (χ4n) is 4.38. The monoisotopic (exact) mass is 514 g/mol. The Morgan fingerprint density at radius 2 is 1.63 bits per heavy atom. The highest BCUT2D eigenvalue weighted by Gasteiger charge is 2.46. The molecule has 7 nitrogen and oxygen atoms in total. The number of nitrogens with zero attached hydrogens (tertiary/aromatic N) is 2. The third-order valence-corrected chi connectivity index (χ3v) is 6.45. The molecule has 4 rings (SSSR count). The van der Waals surface area contributed by atoms with Crippen molar-refractivity contribution in [3.8, 4) is 11.5 Å². The van der Waals surface area contributed by atoms with Crippen LogP contribution in [0.5, 0.6) is 11.5 Å². The number of unbranched alkanes of at least 4 members (excludes halogenated alkanes) is 2. The van der Waals surface area contributed by atoms with Gasteiger partial charge in [0.2, 0.25) is 0 Å². The molecular formula is C31H34N2O5.